The Morgan fingerprint density at radius 1 is 1.25 bits per heavy atom. The Bertz CT molecular complexity index is 1080. The zero-order valence-electron chi connectivity index (χ0n) is 21.5. The van der Waals surface area contributed by atoms with Crippen molar-refractivity contribution < 1.29 is 19.1 Å². The SMILES string of the molecule is CCn1nc(C(=O)N2CCCCNC(=O)c3cc(Cl)ccc3OC[C@@H](CC(C)C)NC(=O)C2)cc1C. The fraction of sp³-hybridized carbons (Fsp3) is 0.538. The molecule has 36 heavy (non-hydrogen) atoms. The Balaban J connectivity index is 1.83. The van der Waals surface area contributed by atoms with Gasteiger partial charge in [-0.1, -0.05) is 25.4 Å². The summed E-state index contributed by atoms with van der Waals surface area (Å²) in [6, 6.07) is 6.37. The number of fused-ring (bicyclic) bond motifs is 1. The number of nitrogens with zero attached hydrogens (tertiary/aromatic N) is 3. The van der Waals surface area contributed by atoms with Crippen LogP contribution < -0.4 is 15.4 Å². The third-order valence-corrected chi connectivity index (χ3v) is 6.24. The number of ether oxygens (including phenoxy) is 1. The average molecular weight is 518 g/mol. The molecule has 10 heteroatoms. The maximum atomic E-state index is 13.3. The van der Waals surface area contributed by atoms with E-state index in [1.165, 1.54) is 4.90 Å². The normalized spacial score (nSPS) is 17.9. The van der Waals surface area contributed by atoms with Gasteiger partial charge in [0.2, 0.25) is 5.91 Å². The lowest BCUT2D eigenvalue weighted by Crippen LogP contribution is -2.46. The summed E-state index contributed by atoms with van der Waals surface area (Å²) in [5.74, 6) is -0.112. The van der Waals surface area contributed by atoms with E-state index in [1.807, 2.05) is 13.8 Å². The number of amides is 3. The third-order valence-electron chi connectivity index (χ3n) is 6.01. The van der Waals surface area contributed by atoms with Crippen LogP contribution in [0, 0.1) is 12.8 Å². The molecule has 2 aromatic rings. The molecule has 3 amide bonds. The summed E-state index contributed by atoms with van der Waals surface area (Å²) in [6.07, 6.45) is 1.92. The van der Waals surface area contributed by atoms with Gasteiger partial charge in [-0.3, -0.25) is 19.1 Å². The van der Waals surface area contributed by atoms with Crippen molar-refractivity contribution in [3.8, 4) is 5.75 Å². The highest BCUT2D eigenvalue weighted by atomic mass is 35.5. The zero-order valence-corrected chi connectivity index (χ0v) is 22.2. The summed E-state index contributed by atoms with van der Waals surface area (Å²) in [5.41, 5.74) is 1.56. The van der Waals surface area contributed by atoms with Crippen LogP contribution in [0.15, 0.2) is 24.3 Å². The summed E-state index contributed by atoms with van der Waals surface area (Å²) in [5, 5.41) is 10.8. The van der Waals surface area contributed by atoms with Crippen molar-refractivity contribution in [2.45, 2.75) is 59.5 Å². The Morgan fingerprint density at radius 2 is 2.03 bits per heavy atom. The molecule has 1 aromatic carbocycles. The number of halogens is 1. The molecule has 0 saturated heterocycles. The first-order valence-corrected chi connectivity index (χ1v) is 12.9. The van der Waals surface area contributed by atoms with E-state index in [9.17, 15) is 14.4 Å². The van der Waals surface area contributed by atoms with Crippen LogP contribution in [0.5, 0.6) is 5.75 Å². The summed E-state index contributed by atoms with van der Waals surface area (Å²) < 4.78 is 7.76. The summed E-state index contributed by atoms with van der Waals surface area (Å²) >= 11 is 6.13. The number of hydrogen-bond acceptors (Lipinski definition) is 5. The topological polar surface area (TPSA) is 106 Å². The lowest BCUT2D eigenvalue weighted by atomic mass is 10.0. The van der Waals surface area contributed by atoms with Gasteiger partial charge in [0, 0.05) is 30.4 Å². The maximum absolute atomic E-state index is 13.3. The molecule has 1 atom stereocenters. The van der Waals surface area contributed by atoms with E-state index in [-0.39, 0.29) is 36.9 Å². The number of aryl methyl sites for hydroxylation is 2. The minimum absolute atomic E-state index is 0.0793. The standard InChI is InChI=1S/C26H36ClN5O4/c1-5-32-18(4)13-22(30-32)26(35)31-11-7-6-10-28-25(34)21-14-19(27)8-9-23(21)36-16-20(12-17(2)3)29-24(33)15-31/h8-9,13-14,17,20H,5-7,10-12,15-16H2,1-4H3,(H,28,34)(H,29,33)/t20-/m1/s1. The molecule has 1 aliphatic rings. The largest absolute Gasteiger partial charge is 0.491 e. The Morgan fingerprint density at radius 3 is 2.72 bits per heavy atom. The lowest BCUT2D eigenvalue weighted by Gasteiger charge is -2.25. The predicted octanol–water partition coefficient (Wildman–Crippen LogP) is 3.44. The molecule has 0 unspecified atom stereocenters. The van der Waals surface area contributed by atoms with Gasteiger partial charge in [-0.05, 0) is 63.3 Å². The first kappa shape index (κ1) is 27.5. The van der Waals surface area contributed by atoms with E-state index in [1.54, 1.807) is 28.9 Å². The molecule has 0 saturated carbocycles. The summed E-state index contributed by atoms with van der Waals surface area (Å²) in [6.45, 7) is 9.52. The van der Waals surface area contributed by atoms with Gasteiger partial charge in [0.05, 0.1) is 18.2 Å². The van der Waals surface area contributed by atoms with Crippen molar-refractivity contribution in [1.29, 1.82) is 0 Å². The summed E-state index contributed by atoms with van der Waals surface area (Å²) in [7, 11) is 0. The lowest BCUT2D eigenvalue weighted by molar-refractivity contribution is -0.122. The summed E-state index contributed by atoms with van der Waals surface area (Å²) in [4.78, 5) is 40.7. The van der Waals surface area contributed by atoms with Crippen LogP contribution in [0.1, 0.15) is 66.6 Å². The van der Waals surface area contributed by atoms with Crippen molar-refractivity contribution in [2.24, 2.45) is 5.92 Å². The molecule has 0 aliphatic carbocycles. The van der Waals surface area contributed by atoms with Gasteiger partial charge in [0.25, 0.3) is 11.8 Å². The van der Waals surface area contributed by atoms with Crippen molar-refractivity contribution in [3.63, 3.8) is 0 Å². The number of benzene rings is 1. The Labute approximate surface area is 217 Å². The fourth-order valence-corrected chi connectivity index (χ4v) is 4.43. The van der Waals surface area contributed by atoms with Crippen molar-refractivity contribution >= 4 is 29.3 Å². The first-order valence-electron chi connectivity index (χ1n) is 12.5. The first-order chi connectivity index (χ1) is 17.2. The molecular formula is C26H36ClN5O4. The molecule has 3 rings (SSSR count). The van der Waals surface area contributed by atoms with Gasteiger partial charge in [-0.25, -0.2) is 0 Å². The van der Waals surface area contributed by atoms with Gasteiger partial charge in [0.1, 0.15) is 12.4 Å². The van der Waals surface area contributed by atoms with Crippen molar-refractivity contribution in [1.82, 2.24) is 25.3 Å². The number of hydrogen-bond donors (Lipinski definition) is 2. The van der Waals surface area contributed by atoms with Gasteiger partial charge in [-0.2, -0.15) is 5.10 Å². The molecule has 196 valence electrons. The minimum Gasteiger partial charge on any atom is -0.491 e. The predicted molar refractivity (Wildman–Crippen MR) is 138 cm³/mol. The maximum Gasteiger partial charge on any atom is 0.274 e. The van der Waals surface area contributed by atoms with Gasteiger partial charge >= 0.3 is 0 Å². The van der Waals surface area contributed by atoms with E-state index in [0.29, 0.717) is 66.8 Å². The molecule has 2 heterocycles. The monoisotopic (exact) mass is 517 g/mol. The third kappa shape index (κ3) is 7.46. The number of nitrogens with one attached hydrogen (secondary N) is 2. The second-order valence-electron chi connectivity index (χ2n) is 9.52. The van der Waals surface area contributed by atoms with Crippen LogP contribution >= 0.6 is 11.6 Å². The van der Waals surface area contributed by atoms with Crippen molar-refractivity contribution in [2.75, 3.05) is 26.2 Å². The van der Waals surface area contributed by atoms with Crippen LogP contribution in [0.25, 0.3) is 0 Å². The van der Waals surface area contributed by atoms with Gasteiger partial charge < -0.3 is 20.3 Å². The van der Waals surface area contributed by atoms with Crippen LogP contribution in [0.3, 0.4) is 0 Å². The van der Waals surface area contributed by atoms with Crippen molar-refractivity contribution in [3.05, 3.63) is 46.2 Å². The number of aromatic nitrogens is 2. The molecule has 0 radical (unpaired) electrons. The molecular weight excluding hydrogens is 482 g/mol. The molecule has 2 N–H and O–H groups in total. The smallest absolute Gasteiger partial charge is 0.274 e. The van der Waals surface area contributed by atoms with E-state index in [4.69, 9.17) is 16.3 Å². The zero-order chi connectivity index (χ0) is 26.2. The minimum atomic E-state index is -0.298. The highest BCUT2D eigenvalue weighted by molar-refractivity contribution is 6.31. The average Bonchev–Trinajstić information content (AvgIpc) is 3.21. The quantitative estimate of drug-likeness (QED) is 0.646. The molecule has 1 aromatic heterocycles. The van der Waals surface area contributed by atoms with E-state index >= 15 is 0 Å². The Kier molecular flexibility index (Phi) is 9.75. The van der Waals surface area contributed by atoms with E-state index in [2.05, 4.69) is 29.6 Å². The van der Waals surface area contributed by atoms with Crippen LogP contribution in [0.4, 0.5) is 0 Å². The molecule has 1 aliphatic heterocycles. The Hall–Kier alpha value is -3.07. The van der Waals surface area contributed by atoms with Gasteiger partial charge in [-0.15, -0.1) is 0 Å². The number of carbonyl (C=O) groups is 3. The number of carbonyl (C=O) groups excluding carboxylic acids is 3. The van der Waals surface area contributed by atoms with Gasteiger partial charge in [0.15, 0.2) is 5.69 Å². The fourth-order valence-electron chi connectivity index (χ4n) is 4.25. The highest BCUT2D eigenvalue weighted by Gasteiger charge is 2.24. The van der Waals surface area contributed by atoms with Crippen LogP contribution in [-0.4, -0.2) is 64.7 Å². The second kappa shape index (κ2) is 12.8. The number of rotatable bonds is 4. The van der Waals surface area contributed by atoms with E-state index in [0.717, 1.165) is 5.69 Å². The molecule has 0 fully saturated rings. The molecule has 9 nitrogen and oxygen atoms in total. The van der Waals surface area contributed by atoms with Crippen LogP contribution in [0.2, 0.25) is 5.02 Å². The van der Waals surface area contributed by atoms with Crippen LogP contribution in [-0.2, 0) is 11.3 Å². The molecule has 0 spiro atoms. The highest BCUT2D eigenvalue weighted by Crippen LogP contribution is 2.24. The molecule has 0 bridgehead atoms. The van der Waals surface area contributed by atoms with E-state index < -0.39 is 0 Å². The second-order valence-corrected chi connectivity index (χ2v) is 9.96.